The van der Waals surface area contributed by atoms with Crippen LogP contribution in [0.4, 0.5) is 4.79 Å². The van der Waals surface area contributed by atoms with Crippen molar-refractivity contribution in [3.05, 3.63) is 64.7 Å². The fraction of sp³-hybridized carbons (Fsp3) is 0.500. The second-order valence-electron chi connectivity index (χ2n) is 16.0. The van der Waals surface area contributed by atoms with Crippen LogP contribution in [0.25, 0.3) is 10.8 Å². The number of nitrogens with zero attached hydrogens (tertiary/aromatic N) is 3. The number of benzene rings is 3. The van der Waals surface area contributed by atoms with Crippen LogP contribution in [0.1, 0.15) is 69.7 Å². The van der Waals surface area contributed by atoms with E-state index in [1.165, 1.54) is 21.9 Å². The Hall–Kier alpha value is -4.41. The summed E-state index contributed by atoms with van der Waals surface area (Å²) < 4.78 is 66.2. The maximum Gasteiger partial charge on any atom is 0.407 e. The molecule has 0 aliphatic carbocycles. The summed E-state index contributed by atoms with van der Waals surface area (Å²) in [5.41, 5.74) is 7.27. The van der Waals surface area contributed by atoms with E-state index in [0.717, 1.165) is 15.3 Å². The van der Waals surface area contributed by atoms with Crippen molar-refractivity contribution in [3.63, 3.8) is 0 Å². The minimum Gasteiger partial charge on any atom is -0.487 e. The number of guanidine groups is 1. The molecule has 2 unspecified atom stereocenters. The van der Waals surface area contributed by atoms with Gasteiger partial charge < -0.3 is 25.4 Å². The molecule has 1 saturated heterocycles. The summed E-state index contributed by atoms with van der Waals surface area (Å²) in [5.74, 6) is -0.632. The number of piperazine rings is 1. The summed E-state index contributed by atoms with van der Waals surface area (Å²) >= 11 is 0. The first kappa shape index (κ1) is 40.8. The van der Waals surface area contributed by atoms with Crippen LogP contribution in [0.5, 0.6) is 5.75 Å². The minimum atomic E-state index is -4.39. The van der Waals surface area contributed by atoms with Crippen molar-refractivity contribution in [2.24, 2.45) is 11.1 Å². The molecular formula is C38H52N6O8S2. The summed E-state index contributed by atoms with van der Waals surface area (Å²) in [6.07, 6.45) is -0.821. The average molecular weight is 785 g/mol. The molecule has 3 aromatic carbocycles. The largest absolute Gasteiger partial charge is 0.487 e. The maximum atomic E-state index is 14.5. The number of rotatable bonds is 10. The van der Waals surface area contributed by atoms with Crippen LogP contribution < -0.4 is 15.2 Å². The summed E-state index contributed by atoms with van der Waals surface area (Å²) in [6.45, 7) is 14.5. The van der Waals surface area contributed by atoms with Gasteiger partial charge in [0.1, 0.15) is 17.4 Å². The fourth-order valence-corrected chi connectivity index (χ4v) is 10.7. The Bertz CT molecular complexity index is 2220. The third-order valence-corrected chi connectivity index (χ3v) is 14.1. The number of sulfonamides is 2. The van der Waals surface area contributed by atoms with Crippen molar-refractivity contribution >= 4 is 48.8 Å². The minimum absolute atomic E-state index is 0.0317. The number of amides is 2. The van der Waals surface area contributed by atoms with Gasteiger partial charge >= 0.3 is 6.09 Å². The average Bonchev–Trinajstić information content (AvgIpc) is 3.42. The molecule has 0 bridgehead atoms. The van der Waals surface area contributed by atoms with Crippen LogP contribution in [0.3, 0.4) is 0 Å². The number of ether oxygens (including phenoxy) is 1. The van der Waals surface area contributed by atoms with Crippen molar-refractivity contribution in [1.29, 1.82) is 5.41 Å². The van der Waals surface area contributed by atoms with Crippen LogP contribution in [0.2, 0.25) is 0 Å². The Labute approximate surface area is 318 Å². The number of fused-ring (bicyclic) bond motifs is 2. The van der Waals surface area contributed by atoms with E-state index >= 15 is 0 Å². The van der Waals surface area contributed by atoms with Gasteiger partial charge in [0, 0.05) is 38.2 Å². The van der Waals surface area contributed by atoms with E-state index in [9.17, 15) is 31.5 Å². The van der Waals surface area contributed by atoms with Crippen molar-refractivity contribution < 1.29 is 36.3 Å². The normalized spacial score (nSPS) is 17.9. The van der Waals surface area contributed by atoms with Crippen LogP contribution in [0, 0.1) is 31.6 Å². The lowest BCUT2D eigenvalue weighted by Crippen LogP contribution is -2.63. The van der Waals surface area contributed by atoms with Gasteiger partial charge in [-0.25, -0.2) is 25.9 Å². The van der Waals surface area contributed by atoms with Gasteiger partial charge in [-0.3, -0.25) is 10.2 Å². The van der Waals surface area contributed by atoms with E-state index < -0.39 is 61.1 Å². The molecule has 0 spiro atoms. The predicted octanol–water partition coefficient (Wildman–Crippen LogP) is 4.73. The van der Waals surface area contributed by atoms with E-state index in [-0.39, 0.29) is 48.8 Å². The Morgan fingerprint density at radius 1 is 1.04 bits per heavy atom. The smallest absolute Gasteiger partial charge is 0.407 e. The molecule has 54 heavy (non-hydrogen) atoms. The molecule has 2 atom stereocenters. The molecule has 0 saturated carbocycles. The molecule has 3 aromatic rings. The van der Waals surface area contributed by atoms with Crippen LogP contribution in [-0.2, 0) is 31.3 Å². The van der Waals surface area contributed by atoms with Crippen LogP contribution >= 0.6 is 0 Å². The molecule has 5 rings (SSSR count). The highest BCUT2D eigenvalue weighted by molar-refractivity contribution is 7.90. The molecular weight excluding hydrogens is 733 g/mol. The zero-order valence-corrected chi connectivity index (χ0v) is 33.8. The highest BCUT2D eigenvalue weighted by Crippen LogP contribution is 2.44. The Balaban J connectivity index is 1.47. The highest BCUT2D eigenvalue weighted by Gasteiger charge is 2.43. The first-order valence-electron chi connectivity index (χ1n) is 17.9. The van der Waals surface area contributed by atoms with Gasteiger partial charge in [0.2, 0.25) is 21.9 Å². The zero-order chi connectivity index (χ0) is 40.1. The third-order valence-electron chi connectivity index (χ3n) is 10.5. The lowest BCUT2D eigenvalue weighted by Gasteiger charge is -2.47. The van der Waals surface area contributed by atoms with Gasteiger partial charge in [0.15, 0.2) is 0 Å². The molecule has 2 amide bonds. The van der Waals surface area contributed by atoms with Crippen molar-refractivity contribution in [1.82, 2.24) is 18.8 Å². The molecule has 294 valence electrons. The van der Waals surface area contributed by atoms with Gasteiger partial charge in [-0.1, -0.05) is 51.1 Å². The van der Waals surface area contributed by atoms with E-state index in [2.05, 4.69) is 4.72 Å². The molecule has 0 radical (unpaired) electrons. The second kappa shape index (κ2) is 14.7. The predicted molar refractivity (Wildman–Crippen MR) is 207 cm³/mol. The Kier molecular flexibility index (Phi) is 11.1. The number of carbonyl (C=O) groups excluding carboxylic acids is 1. The van der Waals surface area contributed by atoms with E-state index in [4.69, 9.17) is 15.9 Å². The molecule has 14 nitrogen and oxygen atoms in total. The van der Waals surface area contributed by atoms with Gasteiger partial charge in [-0.05, 0) is 92.5 Å². The number of hydrogen-bond donors (Lipinski definition) is 4. The molecule has 0 aromatic heterocycles. The first-order chi connectivity index (χ1) is 25.0. The van der Waals surface area contributed by atoms with Gasteiger partial charge in [-0.15, -0.1) is 0 Å². The lowest BCUT2D eigenvalue weighted by atomic mass is 9.83. The SMILES string of the molecule is Cc1c(C)c(S(=O)(=O)N(CCCC(NS(=O)(=O)c2ccc3ccccc3c2)C(=O)N2CCN(C(=O)O)CC2C(C)(C)C)C(=N)N)c(C)c2c1OC(C)(C)C2. The lowest BCUT2D eigenvalue weighted by molar-refractivity contribution is -0.141. The van der Waals surface area contributed by atoms with Crippen LogP contribution in [0.15, 0.2) is 52.3 Å². The summed E-state index contributed by atoms with van der Waals surface area (Å²) in [5, 5.41) is 19.6. The number of hydrogen-bond acceptors (Lipinski definition) is 8. The topological polar surface area (TPSA) is 203 Å². The quantitative estimate of drug-likeness (QED) is 0.166. The fourth-order valence-electron chi connectivity index (χ4n) is 7.54. The number of carboxylic acid groups (broad SMARTS) is 1. The summed E-state index contributed by atoms with van der Waals surface area (Å²) in [4.78, 5) is 29.1. The maximum absolute atomic E-state index is 14.5. The monoisotopic (exact) mass is 784 g/mol. The van der Waals surface area contributed by atoms with E-state index in [1.807, 2.05) is 46.8 Å². The van der Waals surface area contributed by atoms with E-state index in [0.29, 0.717) is 34.2 Å². The van der Waals surface area contributed by atoms with E-state index in [1.54, 1.807) is 39.0 Å². The summed E-state index contributed by atoms with van der Waals surface area (Å²) in [7, 11) is -8.68. The highest BCUT2D eigenvalue weighted by atomic mass is 32.2. The van der Waals surface area contributed by atoms with Crippen molar-refractivity contribution in [2.75, 3.05) is 26.2 Å². The van der Waals surface area contributed by atoms with Gasteiger partial charge in [-0.2, -0.15) is 4.72 Å². The molecule has 2 aliphatic rings. The zero-order valence-electron chi connectivity index (χ0n) is 32.2. The number of nitrogens with one attached hydrogen (secondary N) is 2. The molecule has 1 fully saturated rings. The molecule has 5 N–H and O–H groups in total. The standard InChI is InChI=1S/C38H52N6O8S2/c1-23-24(2)33(25(3)29-21-38(7,8)52-32(23)29)54(50,51)44(35(39)40)17-11-14-30(34(45)43-19-18-42(36(46)47)22-31(43)37(4,5)6)41-53(48,49)28-16-15-26-12-9-10-13-27(26)20-28/h9-10,12-13,15-16,20,30-31,41H,11,14,17-19,21-22H2,1-8H3,(H3,39,40)(H,46,47). The van der Waals surface area contributed by atoms with Crippen molar-refractivity contribution in [3.8, 4) is 5.75 Å². The number of nitrogens with two attached hydrogens (primary N) is 1. The Morgan fingerprint density at radius 2 is 1.69 bits per heavy atom. The van der Waals surface area contributed by atoms with Crippen molar-refractivity contribution in [2.45, 2.75) is 102 Å². The Morgan fingerprint density at radius 3 is 2.30 bits per heavy atom. The number of carbonyl (C=O) groups is 2. The van der Waals surface area contributed by atoms with Gasteiger partial charge in [0.05, 0.1) is 15.8 Å². The third kappa shape index (κ3) is 8.01. The molecule has 2 heterocycles. The summed E-state index contributed by atoms with van der Waals surface area (Å²) in [6, 6.07) is 9.97. The van der Waals surface area contributed by atoms with Crippen LogP contribution in [-0.4, -0.2) is 97.9 Å². The molecule has 16 heteroatoms. The van der Waals surface area contributed by atoms with Gasteiger partial charge in [0.25, 0.3) is 10.0 Å². The molecule has 2 aliphatic heterocycles. The second-order valence-corrected chi connectivity index (χ2v) is 19.5. The first-order valence-corrected chi connectivity index (χ1v) is 20.9.